The molecule has 2 heterocycles. The number of allylic oxidation sites excluding steroid dienone is 4. The maximum Gasteiger partial charge on any atom is 0.164 e. The highest BCUT2D eigenvalue weighted by Crippen LogP contribution is 2.37. The van der Waals surface area contributed by atoms with Crippen LogP contribution in [-0.2, 0) is 0 Å². The smallest absolute Gasteiger partial charge is 0.164 e. The van der Waals surface area contributed by atoms with E-state index in [9.17, 15) is 0 Å². The van der Waals surface area contributed by atoms with Gasteiger partial charge in [0.2, 0.25) is 0 Å². The summed E-state index contributed by atoms with van der Waals surface area (Å²) >= 11 is 0. The summed E-state index contributed by atoms with van der Waals surface area (Å²) in [7, 11) is 0. The fourth-order valence-electron chi connectivity index (χ4n) is 6.78. The molecule has 0 spiro atoms. The van der Waals surface area contributed by atoms with Crippen molar-refractivity contribution in [1.82, 2.24) is 19.9 Å². The van der Waals surface area contributed by atoms with E-state index in [-0.39, 0.29) is 5.92 Å². The summed E-state index contributed by atoms with van der Waals surface area (Å²) in [6.45, 7) is 0. The Hall–Kier alpha value is -6.52. The third-order valence-electron chi connectivity index (χ3n) is 9.45. The molecule has 0 radical (unpaired) electrons. The predicted molar refractivity (Wildman–Crippen MR) is 205 cm³/mol. The van der Waals surface area contributed by atoms with Crippen LogP contribution in [0.5, 0.6) is 0 Å². The molecule has 8 aromatic rings. The van der Waals surface area contributed by atoms with Gasteiger partial charge in [-0.15, -0.1) is 0 Å². The molecule has 6 aromatic carbocycles. The van der Waals surface area contributed by atoms with Gasteiger partial charge in [0.25, 0.3) is 0 Å². The van der Waals surface area contributed by atoms with Gasteiger partial charge in [-0.05, 0) is 69.8 Å². The van der Waals surface area contributed by atoms with Crippen molar-refractivity contribution in [2.75, 3.05) is 0 Å². The third-order valence-corrected chi connectivity index (χ3v) is 9.45. The molecule has 0 saturated heterocycles. The number of benzene rings is 6. The van der Waals surface area contributed by atoms with E-state index < -0.39 is 0 Å². The number of rotatable bonds is 6. The Kier molecular flexibility index (Phi) is 7.60. The number of pyridine rings is 1. The van der Waals surface area contributed by atoms with Crippen molar-refractivity contribution in [3.63, 3.8) is 0 Å². The second kappa shape index (κ2) is 12.8. The highest BCUT2D eigenvalue weighted by Gasteiger charge is 2.18. The largest absolute Gasteiger partial charge is 0.256 e. The molecule has 0 N–H and O–H groups in total. The Morgan fingerprint density at radius 1 is 0.440 bits per heavy atom. The summed E-state index contributed by atoms with van der Waals surface area (Å²) in [4.78, 5) is 19.9. The van der Waals surface area contributed by atoms with Gasteiger partial charge in [0, 0.05) is 39.8 Å². The van der Waals surface area contributed by atoms with Crippen LogP contribution in [0.15, 0.2) is 176 Å². The first-order valence-electron chi connectivity index (χ1n) is 17.0. The lowest BCUT2D eigenvalue weighted by Gasteiger charge is -2.19. The Bertz CT molecular complexity index is 2510. The van der Waals surface area contributed by atoms with Crippen molar-refractivity contribution < 1.29 is 0 Å². The SMILES string of the molecule is C1=CC(c2cc(-c3cnc4ccccc4c3)cc(-c3nc(-c4ccccc4)nc(-c4ccccc4)n3)c2)CC=C1c1ccc2ccccc2c1. The van der Waals surface area contributed by atoms with Gasteiger partial charge in [-0.3, -0.25) is 4.98 Å². The number of nitrogens with zero attached hydrogens (tertiary/aromatic N) is 4. The molecule has 1 atom stereocenters. The molecule has 1 unspecified atom stereocenters. The van der Waals surface area contributed by atoms with Gasteiger partial charge in [-0.2, -0.15) is 0 Å². The van der Waals surface area contributed by atoms with Crippen LogP contribution in [0.2, 0.25) is 0 Å². The van der Waals surface area contributed by atoms with Gasteiger partial charge in [0.1, 0.15) is 0 Å². The van der Waals surface area contributed by atoms with Crippen molar-refractivity contribution >= 4 is 27.2 Å². The summed E-state index contributed by atoms with van der Waals surface area (Å²) < 4.78 is 0. The average molecular weight is 641 g/mol. The third kappa shape index (κ3) is 5.88. The topological polar surface area (TPSA) is 51.6 Å². The molecular weight excluding hydrogens is 609 g/mol. The molecule has 4 heteroatoms. The van der Waals surface area contributed by atoms with E-state index in [1.54, 1.807) is 0 Å². The summed E-state index contributed by atoms with van der Waals surface area (Å²) in [5, 5.41) is 3.62. The van der Waals surface area contributed by atoms with Crippen LogP contribution in [0, 0.1) is 0 Å². The van der Waals surface area contributed by atoms with Gasteiger partial charge >= 0.3 is 0 Å². The van der Waals surface area contributed by atoms with Crippen LogP contribution < -0.4 is 0 Å². The molecule has 4 nitrogen and oxygen atoms in total. The molecule has 1 aliphatic rings. The molecule has 0 fully saturated rings. The van der Waals surface area contributed by atoms with Crippen molar-refractivity contribution in [2.24, 2.45) is 0 Å². The average Bonchev–Trinajstić information content (AvgIpc) is 3.21. The molecule has 50 heavy (non-hydrogen) atoms. The van der Waals surface area contributed by atoms with Gasteiger partial charge in [0.15, 0.2) is 17.5 Å². The molecule has 236 valence electrons. The predicted octanol–water partition coefficient (Wildman–Crippen LogP) is 11.4. The van der Waals surface area contributed by atoms with Crippen LogP contribution in [-0.4, -0.2) is 19.9 Å². The summed E-state index contributed by atoms with van der Waals surface area (Å²) in [5.74, 6) is 2.13. The minimum atomic E-state index is 0.190. The second-order valence-electron chi connectivity index (χ2n) is 12.7. The first-order valence-corrected chi connectivity index (χ1v) is 17.0. The van der Waals surface area contributed by atoms with Crippen molar-refractivity contribution in [3.05, 3.63) is 187 Å². The minimum absolute atomic E-state index is 0.190. The molecule has 0 amide bonds. The van der Waals surface area contributed by atoms with Crippen molar-refractivity contribution in [2.45, 2.75) is 12.3 Å². The summed E-state index contributed by atoms with van der Waals surface area (Å²) in [6, 6.07) is 52.7. The Morgan fingerprint density at radius 2 is 1.04 bits per heavy atom. The molecule has 9 rings (SSSR count). The van der Waals surface area contributed by atoms with Crippen LogP contribution in [0.3, 0.4) is 0 Å². The fraction of sp³-hybridized carbons (Fsp3) is 0.0435. The first-order chi connectivity index (χ1) is 24.7. The van der Waals surface area contributed by atoms with Gasteiger partial charge < -0.3 is 0 Å². The second-order valence-corrected chi connectivity index (χ2v) is 12.7. The minimum Gasteiger partial charge on any atom is -0.256 e. The van der Waals surface area contributed by atoms with E-state index in [0.717, 1.165) is 45.1 Å². The zero-order valence-electron chi connectivity index (χ0n) is 27.3. The van der Waals surface area contributed by atoms with Crippen molar-refractivity contribution in [3.8, 4) is 45.3 Å². The highest BCUT2D eigenvalue weighted by molar-refractivity contribution is 5.88. The van der Waals surface area contributed by atoms with E-state index in [4.69, 9.17) is 19.9 Å². The van der Waals surface area contributed by atoms with Crippen LogP contribution in [0.4, 0.5) is 0 Å². The van der Waals surface area contributed by atoms with Crippen LogP contribution >= 0.6 is 0 Å². The number of aromatic nitrogens is 4. The number of fused-ring (bicyclic) bond motifs is 2. The summed E-state index contributed by atoms with van der Waals surface area (Å²) in [5.41, 5.74) is 9.65. The molecule has 0 aliphatic heterocycles. The van der Waals surface area contributed by atoms with Crippen LogP contribution in [0.25, 0.3) is 72.5 Å². The highest BCUT2D eigenvalue weighted by atomic mass is 15.0. The standard InChI is InChI=1S/C46H32N4/c1-3-12-34(13-4-1)44-48-45(35-14-5-2-6-15-35)50-46(49-44)41-28-39(27-40(29-41)42-26-38-17-9-10-18-43(38)47-30-42)33-21-19-32(20-22-33)37-24-23-31-11-7-8-16-36(31)25-37/h1-21,23-30,33H,22H2. The number of para-hydroxylation sites is 1. The molecule has 0 saturated carbocycles. The van der Waals surface area contributed by atoms with Gasteiger partial charge in [0.05, 0.1) is 5.52 Å². The zero-order chi connectivity index (χ0) is 33.3. The molecular formula is C46H32N4. The van der Waals surface area contributed by atoms with E-state index in [2.05, 4.69) is 97.1 Å². The Balaban J connectivity index is 1.16. The Labute approximate surface area is 291 Å². The lowest BCUT2D eigenvalue weighted by atomic mass is 9.85. The lowest BCUT2D eigenvalue weighted by Crippen LogP contribution is -2.03. The molecule has 0 bridgehead atoms. The van der Waals surface area contributed by atoms with E-state index >= 15 is 0 Å². The van der Waals surface area contributed by atoms with Crippen molar-refractivity contribution in [1.29, 1.82) is 0 Å². The zero-order valence-corrected chi connectivity index (χ0v) is 27.3. The van der Waals surface area contributed by atoms with E-state index in [1.807, 2.05) is 79.0 Å². The summed E-state index contributed by atoms with van der Waals surface area (Å²) in [6.07, 6.45) is 9.83. The lowest BCUT2D eigenvalue weighted by molar-refractivity contribution is 0.857. The first kappa shape index (κ1) is 29.6. The Morgan fingerprint density at radius 3 is 1.74 bits per heavy atom. The van der Waals surface area contributed by atoms with E-state index in [0.29, 0.717) is 17.5 Å². The van der Waals surface area contributed by atoms with Gasteiger partial charge in [-0.25, -0.2) is 15.0 Å². The van der Waals surface area contributed by atoms with Crippen LogP contribution in [0.1, 0.15) is 23.5 Å². The quantitative estimate of drug-likeness (QED) is 0.181. The molecule has 1 aliphatic carbocycles. The maximum absolute atomic E-state index is 5.08. The molecule has 2 aromatic heterocycles. The normalized spacial score (nSPS) is 14.2. The number of hydrogen-bond acceptors (Lipinski definition) is 4. The van der Waals surface area contributed by atoms with E-state index in [1.165, 1.54) is 27.5 Å². The monoisotopic (exact) mass is 640 g/mol. The number of hydrogen-bond donors (Lipinski definition) is 0. The van der Waals surface area contributed by atoms with Gasteiger partial charge in [-0.1, -0.05) is 140 Å². The maximum atomic E-state index is 5.08. The fourth-order valence-corrected chi connectivity index (χ4v) is 6.78.